The molecule has 138 valence electrons. The molecule has 2 aromatic heterocycles. The van der Waals surface area contributed by atoms with E-state index < -0.39 is 0 Å². The van der Waals surface area contributed by atoms with Gasteiger partial charge in [0.1, 0.15) is 0 Å². The first-order valence-corrected chi connectivity index (χ1v) is 9.60. The van der Waals surface area contributed by atoms with Crippen molar-refractivity contribution in [2.45, 2.75) is 26.2 Å². The summed E-state index contributed by atoms with van der Waals surface area (Å²) in [5.41, 5.74) is 7.60. The third kappa shape index (κ3) is 3.59. The fraction of sp³-hybridized carbons (Fsp3) is 0.154. The molecule has 2 aromatic carbocycles. The predicted octanol–water partition coefficient (Wildman–Crippen LogP) is 6.44. The smallest absolute Gasteiger partial charge is 0.0709 e. The molecule has 0 unspecified atom stereocenters. The lowest BCUT2D eigenvalue weighted by Crippen LogP contribution is -2.20. The van der Waals surface area contributed by atoms with Crippen LogP contribution in [0.5, 0.6) is 0 Å². The first-order chi connectivity index (χ1) is 13.5. The zero-order valence-corrected chi connectivity index (χ0v) is 16.6. The molecule has 2 heteroatoms. The molecule has 4 aromatic rings. The third-order valence-corrected chi connectivity index (χ3v) is 5.25. The second-order valence-corrected chi connectivity index (χ2v) is 7.70. The quantitative estimate of drug-likeness (QED) is 0.416. The van der Waals surface area contributed by atoms with E-state index in [2.05, 4.69) is 98.6 Å². The summed E-state index contributed by atoms with van der Waals surface area (Å²) in [6.45, 7) is 6.53. The average molecular weight is 364 g/mol. The lowest BCUT2D eigenvalue weighted by molar-refractivity contribution is 0.617. The van der Waals surface area contributed by atoms with Crippen LogP contribution in [-0.4, -0.2) is 9.97 Å². The molecule has 0 saturated heterocycles. The average Bonchev–Trinajstić information content (AvgIpc) is 2.74. The molecule has 2 nitrogen and oxygen atoms in total. The summed E-state index contributed by atoms with van der Waals surface area (Å²) in [5.74, 6) is 0. The second-order valence-electron chi connectivity index (χ2n) is 7.70. The molecule has 0 aliphatic rings. The number of hydrogen-bond acceptors (Lipinski definition) is 2. The van der Waals surface area contributed by atoms with E-state index in [1.807, 2.05) is 18.3 Å². The van der Waals surface area contributed by atoms with Gasteiger partial charge in [0.15, 0.2) is 0 Å². The monoisotopic (exact) mass is 364 g/mol. The van der Waals surface area contributed by atoms with Gasteiger partial charge in [-0.25, -0.2) is 4.98 Å². The molecular weight excluding hydrogens is 340 g/mol. The van der Waals surface area contributed by atoms with E-state index >= 15 is 0 Å². The minimum absolute atomic E-state index is 0.175. The molecule has 0 saturated carbocycles. The van der Waals surface area contributed by atoms with Gasteiger partial charge in [-0.05, 0) is 48.9 Å². The Labute approximate surface area is 167 Å². The largest absolute Gasteiger partial charge is 0.260 e. The molecule has 28 heavy (non-hydrogen) atoms. The van der Waals surface area contributed by atoms with Gasteiger partial charge in [0.25, 0.3) is 0 Å². The molecule has 0 N–H and O–H groups in total. The maximum Gasteiger partial charge on any atom is 0.0709 e. The van der Waals surface area contributed by atoms with Crippen molar-refractivity contribution in [2.24, 2.45) is 0 Å². The molecule has 0 aliphatic carbocycles. The van der Waals surface area contributed by atoms with Crippen molar-refractivity contribution < 1.29 is 0 Å². The fourth-order valence-corrected chi connectivity index (χ4v) is 3.51. The first-order valence-electron chi connectivity index (χ1n) is 9.60. The van der Waals surface area contributed by atoms with E-state index in [9.17, 15) is 0 Å². The fourth-order valence-electron chi connectivity index (χ4n) is 3.51. The van der Waals surface area contributed by atoms with Crippen LogP contribution in [0.25, 0.3) is 22.5 Å². The highest BCUT2D eigenvalue weighted by Gasteiger charge is 2.24. The third-order valence-electron chi connectivity index (χ3n) is 5.25. The minimum Gasteiger partial charge on any atom is -0.260 e. The summed E-state index contributed by atoms with van der Waals surface area (Å²) in [6, 6.07) is 29.4. The molecule has 0 amide bonds. The van der Waals surface area contributed by atoms with Gasteiger partial charge in [-0.1, -0.05) is 67.9 Å². The summed E-state index contributed by atoms with van der Waals surface area (Å²) in [4.78, 5) is 9.51. The molecule has 0 atom stereocenters. The van der Waals surface area contributed by atoms with Gasteiger partial charge in [-0.15, -0.1) is 0 Å². The highest BCUT2D eigenvalue weighted by Crippen LogP contribution is 2.32. The molecule has 0 aliphatic heterocycles. The molecule has 0 spiro atoms. The second kappa shape index (κ2) is 7.40. The summed E-state index contributed by atoms with van der Waals surface area (Å²) in [5, 5.41) is 0. The van der Waals surface area contributed by atoms with Crippen LogP contribution in [0.2, 0.25) is 0 Å². The Bertz CT molecular complexity index is 1100. The maximum absolute atomic E-state index is 4.93. The topological polar surface area (TPSA) is 25.8 Å². The Morgan fingerprint density at radius 2 is 1.36 bits per heavy atom. The summed E-state index contributed by atoms with van der Waals surface area (Å²) in [7, 11) is 0. The highest BCUT2D eigenvalue weighted by molar-refractivity contribution is 5.67. The van der Waals surface area contributed by atoms with E-state index in [-0.39, 0.29) is 5.41 Å². The Morgan fingerprint density at radius 1 is 0.679 bits per heavy atom. The number of rotatable bonds is 4. The molecular formula is C26H24N2. The van der Waals surface area contributed by atoms with E-state index in [4.69, 9.17) is 4.98 Å². The van der Waals surface area contributed by atoms with Crippen molar-refractivity contribution >= 4 is 0 Å². The van der Waals surface area contributed by atoms with Crippen molar-refractivity contribution in [1.82, 2.24) is 9.97 Å². The summed E-state index contributed by atoms with van der Waals surface area (Å²) >= 11 is 0. The molecule has 4 rings (SSSR count). The molecule has 0 radical (unpaired) electrons. The number of hydrogen-bond donors (Lipinski definition) is 0. The van der Waals surface area contributed by atoms with Crippen LogP contribution in [0.1, 0.15) is 30.7 Å². The van der Waals surface area contributed by atoms with Crippen LogP contribution in [0.4, 0.5) is 0 Å². The van der Waals surface area contributed by atoms with Gasteiger partial charge in [0, 0.05) is 22.7 Å². The Balaban J connectivity index is 1.73. The van der Waals surface area contributed by atoms with Crippen molar-refractivity contribution in [1.29, 1.82) is 0 Å². The summed E-state index contributed by atoms with van der Waals surface area (Å²) in [6.07, 6.45) is 1.85. The summed E-state index contributed by atoms with van der Waals surface area (Å²) < 4.78 is 0. The lowest BCUT2D eigenvalue weighted by atomic mass is 9.80. The lowest BCUT2D eigenvalue weighted by Gasteiger charge is -2.25. The zero-order chi connectivity index (χ0) is 19.6. The van der Waals surface area contributed by atoms with Crippen LogP contribution in [0.15, 0.2) is 91.1 Å². The molecule has 0 fully saturated rings. The maximum atomic E-state index is 4.93. The van der Waals surface area contributed by atoms with Crippen LogP contribution in [0, 0.1) is 6.92 Å². The van der Waals surface area contributed by atoms with Crippen molar-refractivity contribution in [3.63, 3.8) is 0 Å². The number of benzene rings is 2. The number of nitrogens with zero attached hydrogens (tertiary/aromatic N) is 2. The van der Waals surface area contributed by atoms with E-state index in [0.29, 0.717) is 0 Å². The number of aromatic nitrogens is 2. The normalized spacial score (nSPS) is 11.4. The minimum atomic E-state index is -0.175. The van der Waals surface area contributed by atoms with Crippen LogP contribution in [-0.2, 0) is 5.41 Å². The molecule has 0 bridgehead atoms. The van der Waals surface area contributed by atoms with Crippen molar-refractivity contribution in [3.8, 4) is 22.5 Å². The van der Waals surface area contributed by atoms with Crippen LogP contribution >= 0.6 is 0 Å². The SMILES string of the molecule is Cc1cccc(-c2cccc(-c3cccc(C(C)(C)c4ccccn4)c3)n2)c1. The number of pyridine rings is 2. The van der Waals surface area contributed by atoms with E-state index in [1.54, 1.807) is 0 Å². The molecule has 2 heterocycles. The Hall–Kier alpha value is -3.26. The van der Waals surface area contributed by atoms with Crippen molar-refractivity contribution in [2.75, 3.05) is 0 Å². The number of aryl methyl sites for hydroxylation is 1. The van der Waals surface area contributed by atoms with Crippen LogP contribution < -0.4 is 0 Å². The van der Waals surface area contributed by atoms with E-state index in [0.717, 1.165) is 28.2 Å². The Kier molecular flexibility index (Phi) is 4.79. The van der Waals surface area contributed by atoms with Gasteiger partial charge < -0.3 is 0 Å². The van der Waals surface area contributed by atoms with Gasteiger partial charge in [-0.3, -0.25) is 4.98 Å². The predicted molar refractivity (Wildman–Crippen MR) is 116 cm³/mol. The first kappa shape index (κ1) is 18.1. The standard InChI is InChI=1S/C26H24N2/c1-19-9-6-10-20(17-19)23-13-8-14-24(28-23)21-11-7-12-22(18-21)26(2,3)25-15-4-5-16-27-25/h4-18H,1-3H3. The van der Waals surface area contributed by atoms with Gasteiger partial charge in [0.2, 0.25) is 0 Å². The highest BCUT2D eigenvalue weighted by atomic mass is 14.7. The van der Waals surface area contributed by atoms with Gasteiger partial charge >= 0.3 is 0 Å². The van der Waals surface area contributed by atoms with Crippen molar-refractivity contribution in [3.05, 3.63) is 108 Å². The van der Waals surface area contributed by atoms with E-state index in [1.165, 1.54) is 11.1 Å². The zero-order valence-electron chi connectivity index (χ0n) is 16.6. The van der Waals surface area contributed by atoms with Crippen LogP contribution in [0.3, 0.4) is 0 Å². The van der Waals surface area contributed by atoms with Gasteiger partial charge in [-0.2, -0.15) is 0 Å². The van der Waals surface area contributed by atoms with Gasteiger partial charge in [0.05, 0.1) is 17.1 Å². The Morgan fingerprint density at radius 3 is 2.04 bits per heavy atom.